The van der Waals surface area contributed by atoms with Crippen LogP contribution >= 0.6 is 23.1 Å². The zero-order chi connectivity index (χ0) is 20.4. The minimum atomic E-state index is -0.207. The molecule has 1 fully saturated rings. The first kappa shape index (κ1) is 20.0. The maximum Gasteiger partial charge on any atom is 0.229 e. The van der Waals surface area contributed by atoms with E-state index >= 15 is 0 Å². The first-order valence-electron chi connectivity index (χ1n) is 9.57. The lowest BCUT2D eigenvalue weighted by Crippen LogP contribution is -2.47. The molecule has 0 bridgehead atoms. The molecule has 0 spiro atoms. The Balaban J connectivity index is 1.53. The summed E-state index contributed by atoms with van der Waals surface area (Å²) in [6.45, 7) is 3.61. The van der Waals surface area contributed by atoms with E-state index < -0.39 is 0 Å². The predicted molar refractivity (Wildman–Crippen MR) is 117 cm³/mol. The van der Waals surface area contributed by atoms with Gasteiger partial charge < -0.3 is 4.74 Å². The van der Waals surface area contributed by atoms with Crippen LogP contribution in [0, 0.1) is 18.3 Å². The number of methoxy groups -OCH3 is 1. The summed E-state index contributed by atoms with van der Waals surface area (Å²) in [5.74, 6) is 1.41. The quantitative estimate of drug-likeness (QED) is 0.714. The van der Waals surface area contributed by atoms with Gasteiger partial charge in [0.05, 0.1) is 36.3 Å². The largest absolute Gasteiger partial charge is 0.497 e. The van der Waals surface area contributed by atoms with Crippen LogP contribution in [0.25, 0.3) is 0 Å². The van der Waals surface area contributed by atoms with E-state index in [1.165, 1.54) is 10.4 Å². The Morgan fingerprint density at radius 3 is 2.93 bits per heavy atom. The van der Waals surface area contributed by atoms with Crippen LogP contribution in [0.1, 0.15) is 28.3 Å². The van der Waals surface area contributed by atoms with Crippen molar-refractivity contribution in [1.29, 1.82) is 5.26 Å². The summed E-state index contributed by atoms with van der Waals surface area (Å²) in [5.41, 5.74) is 2.98. The van der Waals surface area contributed by atoms with Crippen molar-refractivity contribution in [3.8, 4) is 11.8 Å². The van der Waals surface area contributed by atoms with Crippen molar-refractivity contribution in [1.82, 2.24) is 9.80 Å². The molecule has 0 unspecified atom stereocenters. The molecule has 1 amide bonds. The number of hydrogen-bond donors (Lipinski definition) is 0. The molecule has 3 heterocycles. The first-order chi connectivity index (χ1) is 14.1. The van der Waals surface area contributed by atoms with Gasteiger partial charge in [0.2, 0.25) is 5.91 Å². The van der Waals surface area contributed by atoms with Crippen LogP contribution in [-0.4, -0.2) is 41.9 Å². The normalized spacial score (nSPS) is 19.8. The van der Waals surface area contributed by atoms with Gasteiger partial charge in [-0.2, -0.15) is 5.26 Å². The number of nitrogens with zero attached hydrogens (tertiary/aromatic N) is 3. The van der Waals surface area contributed by atoms with Gasteiger partial charge in [0.25, 0.3) is 0 Å². The van der Waals surface area contributed by atoms with Gasteiger partial charge in [-0.15, -0.1) is 11.3 Å². The summed E-state index contributed by atoms with van der Waals surface area (Å²) in [5, 5.41) is 12.8. The van der Waals surface area contributed by atoms with Gasteiger partial charge in [-0.05, 0) is 48.1 Å². The van der Waals surface area contributed by atoms with Gasteiger partial charge in [0.1, 0.15) is 5.75 Å². The molecule has 2 aromatic rings. The summed E-state index contributed by atoms with van der Waals surface area (Å²) in [6.07, 6.45) is 1.31. The Morgan fingerprint density at radius 1 is 1.34 bits per heavy atom. The van der Waals surface area contributed by atoms with Crippen molar-refractivity contribution in [3.63, 3.8) is 0 Å². The molecule has 0 saturated carbocycles. The smallest absolute Gasteiger partial charge is 0.229 e. The number of carbonyl (C=O) groups excluding carboxylic acids is 1. The molecule has 2 aliphatic heterocycles. The van der Waals surface area contributed by atoms with Crippen molar-refractivity contribution in [3.05, 3.63) is 62.3 Å². The highest BCUT2D eigenvalue weighted by Gasteiger charge is 2.38. The van der Waals surface area contributed by atoms with Gasteiger partial charge >= 0.3 is 0 Å². The number of thiophene rings is 1. The summed E-state index contributed by atoms with van der Waals surface area (Å²) in [7, 11) is 1.62. The standard InChI is InChI=1S/C22H23N3O2S2/c1-15-7-9-28-20(15)6-8-24-13-25-21(26)11-18(19(12-23)22(25)29-14-24)16-4-3-5-17(10-16)27-2/h3-5,7,9-10,18H,6,8,11,13-14H2,1-2H3/t18-/m0/s1. The van der Waals surface area contributed by atoms with E-state index in [-0.39, 0.29) is 11.8 Å². The molecule has 0 radical (unpaired) electrons. The number of amides is 1. The molecule has 4 rings (SSSR count). The Hall–Kier alpha value is -2.27. The molecule has 29 heavy (non-hydrogen) atoms. The molecule has 150 valence electrons. The molecule has 2 aliphatic rings. The van der Waals surface area contributed by atoms with E-state index in [0.717, 1.165) is 35.2 Å². The van der Waals surface area contributed by atoms with E-state index in [1.807, 2.05) is 24.3 Å². The fraction of sp³-hybridized carbons (Fsp3) is 0.364. The Bertz CT molecular complexity index is 992. The SMILES string of the molecule is COc1cccc([C@@H]2CC(=O)N3CN(CCc4sccc4C)CSC3=C2C#N)c1. The Kier molecular flexibility index (Phi) is 5.95. The summed E-state index contributed by atoms with van der Waals surface area (Å²) < 4.78 is 5.32. The lowest BCUT2D eigenvalue weighted by atomic mass is 9.86. The zero-order valence-electron chi connectivity index (χ0n) is 16.6. The van der Waals surface area contributed by atoms with Gasteiger partial charge in [0, 0.05) is 23.8 Å². The third kappa shape index (κ3) is 4.06. The Labute approximate surface area is 179 Å². The molecule has 1 aromatic carbocycles. The van der Waals surface area contributed by atoms with Crippen molar-refractivity contribution in [2.24, 2.45) is 0 Å². The molecule has 5 nitrogen and oxygen atoms in total. The second-order valence-electron chi connectivity index (χ2n) is 7.27. The maximum absolute atomic E-state index is 13.0. The van der Waals surface area contributed by atoms with E-state index in [4.69, 9.17) is 4.74 Å². The number of aryl methyl sites for hydroxylation is 1. The highest BCUT2D eigenvalue weighted by atomic mass is 32.2. The second-order valence-corrected chi connectivity index (χ2v) is 9.21. The average Bonchev–Trinajstić information content (AvgIpc) is 3.17. The molecule has 0 N–H and O–H groups in total. The number of hydrogen-bond acceptors (Lipinski definition) is 6. The molecular formula is C22H23N3O2S2. The van der Waals surface area contributed by atoms with Crippen molar-refractivity contribution in [2.45, 2.75) is 25.7 Å². The van der Waals surface area contributed by atoms with Crippen LogP contribution in [-0.2, 0) is 11.2 Å². The number of rotatable bonds is 5. The third-order valence-corrected chi connectivity index (χ3v) is 7.76. The van der Waals surface area contributed by atoms with Crippen LogP contribution in [0.3, 0.4) is 0 Å². The van der Waals surface area contributed by atoms with Crippen LogP contribution < -0.4 is 4.74 Å². The minimum absolute atomic E-state index is 0.0799. The highest BCUT2D eigenvalue weighted by molar-refractivity contribution is 8.03. The number of ether oxygens (including phenoxy) is 1. The maximum atomic E-state index is 13.0. The number of carbonyl (C=O) groups is 1. The van der Waals surface area contributed by atoms with Crippen molar-refractivity contribution < 1.29 is 9.53 Å². The van der Waals surface area contributed by atoms with Crippen LogP contribution in [0.2, 0.25) is 0 Å². The van der Waals surface area contributed by atoms with Gasteiger partial charge in [-0.25, -0.2) is 0 Å². The molecule has 1 aromatic heterocycles. The zero-order valence-corrected chi connectivity index (χ0v) is 18.2. The number of fused-ring (bicyclic) bond motifs is 1. The van der Waals surface area contributed by atoms with Crippen molar-refractivity contribution >= 4 is 29.0 Å². The topological polar surface area (TPSA) is 56.6 Å². The fourth-order valence-electron chi connectivity index (χ4n) is 3.81. The van der Waals surface area contributed by atoms with Crippen LogP contribution in [0.4, 0.5) is 0 Å². The fourth-order valence-corrected chi connectivity index (χ4v) is 5.88. The van der Waals surface area contributed by atoms with E-state index in [9.17, 15) is 10.1 Å². The second kappa shape index (κ2) is 8.62. The van der Waals surface area contributed by atoms with Gasteiger partial charge in [-0.1, -0.05) is 23.9 Å². The molecule has 0 aliphatic carbocycles. The van der Waals surface area contributed by atoms with Gasteiger partial charge in [-0.3, -0.25) is 14.6 Å². The molecule has 1 saturated heterocycles. The molecule has 7 heteroatoms. The first-order valence-corrected chi connectivity index (χ1v) is 11.4. The molecule has 1 atom stereocenters. The summed E-state index contributed by atoms with van der Waals surface area (Å²) in [4.78, 5) is 18.5. The summed E-state index contributed by atoms with van der Waals surface area (Å²) in [6, 6.07) is 12.2. The van der Waals surface area contributed by atoms with E-state index in [0.29, 0.717) is 18.7 Å². The van der Waals surface area contributed by atoms with E-state index in [2.05, 4.69) is 29.3 Å². The number of nitriles is 1. The van der Waals surface area contributed by atoms with Gasteiger partial charge in [0.15, 0.2) is 0 Å². The number of allylic oxidation sites excluding steroid dienone is 1. The van der Waals surface area contributed by atoms with Crippen LogP contribution in [0.5, 0.6) is 5.75 Å². The highest BCUT2D eigenvalue weighted by Crippen LogP contribution is 2.43. The predicted octanol–water partition coefficient (Wildman–Crippen LogP) is 4.32. The van der Waals surface area contributed by atoms with E-state index in [1.54, 1.807) is 35.1 Å². The number of thioether (sulfide) groups is 1. The Morgan fingerprint density at radius 2 is 2.21 bits per heavy atom. The summed E-state index contributed by atoms with van der Waals surface area (Å²) >= 11 is 3.39. The monoisotopic (exact) mass is 425 g/mol. The average molecular weight is 426 g/mol. The van der Waals surface area contributed by atoms with Crippen LogP contribution in [0.15, 0.2) is 46.3 Å². The lowest BCUT2D eigenvalue weighted by Gasteiger charge is -2.41. The minimum Gasteiger partial charge on any atom is -0.497 e. The van der Waals surface area contributed by atoms with Crippen molar-refractivity contribution in [2.75, 3.05) is 26.2 Å². The lowest BCUT2D eigenvalue weighted by molar-refractivity contribution is -0.131. The third-order valence-electron chi connectivity index (χ3n) is 5.47. The number of benzene rings is 1. The molecular weight excluding hydrogens is 402 g/mol.